The van der Waals surface area contributed by atoms with Gasteiger partial charge in [0.05, 0.1) is 0 Å². The molecule has 0 aromatic carbocycles. The van der Waals surface area contributed by atoms with Crippen LogP contribution in [-0.4, -0.2) is 24.0 Å². The summed E-state index contributed by atoms with van der Waals surface area (Å²) in [6.45, 7) is 2.01. The highest BCUT2D eigenvalue weighted by Crippen LogP contribution is 2.39. The minimum Gasteiger partial charge on any atom is -0.329 e. The number of likely N-dealkylation sites (tertiary alicyclic amines) is 1. The Morgan fingerprint density at radius 2 is 2.11 bits per heavy atom. The van der Waals surface area contributed by atoms with Crippen LogP contribution in [0.15, 0.2) is 16.8 Å². The number of hydrogen-bond donors (Lipinski definition) is 1. The largest absolute Gasteiger partial charge is 0.329 e. The normalized spacial score (nSPS) is 30.9. The van der Waals surface area contributed by atoms with Crippen LogP contribution in [0.25, 0.3) is 0 Å². The van der Waals surface area contributed by atoms with Crippen LogP contribution >= 0.6 is 11.3 Å². The average Bonchev–Trinajstić information content (AvgIpc) is 2.94. The van der Waals surface area contributed by atoms with Crippen LogP contribution in [0.3, 0.4) is 0 Å². The van der Waals surface area contributed by atoms with Crippen molar-refractivity contribution in [2.75, 3.05) is 13.1 Å². The van der Waals surface area contributed by atoms with Gasteiger partial charge in [0.25, 0.3) is 0 Å². The summed E-state index contributed by atoms with van der Waals surface area (Å²) in [5.41, 5.74) is 7.52. The van der Waals surface area contributed by atoms with Crippen LogP contribution in [0, 0.1) is 5.92 Å². The smallest absolute Gasteiger partial charge is 0.0481 e. The molecule has 3 rings (SSSR count). The lowest BCUT2D eigenvalue weighted by Crippen LogP contribution is -2.49. The minimum absolute atomic E-state index is 0.460. The van der Waals surface area contributed by atoms with E-state index in [1.807, 2.05) is 0 Å². The zero-order chi connectivity index (χ0) is 12.4. The lowest BCUT2D eigenvalue weighted by Gasteiger charge is -2.47. The number of hydrogen-bond acceptors (Lipinski definition) is 3. The molecule has 3 unspecified atom stereocenters. The van der Waals surface area contributed by atoms with Crippen LogP contribution in [0.5, 0.6) is 0 Å². The standard InChI is InChI=1S/C15H24N2S/c16-10-15(13-7-9-18-11-13)17-8-3-5-12-4-1-2-6-14(12)17/h7,9,11-12,14-15H,1-6,8,10,16H2. The second-order valence-corrected chi connectivity index (χ2v) is 6.58. The van der Waals surface area contributed by atoms with Crippen molar-refractivity contribution in [1.29, 1.82) is 0 Å². The van der Waals surface area contributed by atoms with E-state index in [0.717, 1.165) is 18.5 Å². The van der Waals surface area contributed by atoms with Crippen molar-refractivity contribution in [3.63, 3.8) is 0 Å². The first-order chi connectivity index (χ1) is 8.90. The zero-order valence-corrected chi connectivity index (χ0v) is 11.9. The van der Waals surface area contributed by atoms with Gasteiger partial charge >= 0.3 is 0 Å². The molecule has 0 amide bonds. The van der Waals surface area contributed by atoms with Gasteiger partial charge in [-0.2, -0.15) is 11.3 Å². The van der Waals surface area contributed by atoms with E-state index in [1.165, 1.54) is 50.6 Å². The number of nitrogens with two attached hydrogens (primary N) is 1. The van der Waals surface area contributed by atoms with Crippen molar-refractivity contribution in [3.8, 4) is 0 Å². The fourth-order valence-corrected chi connectivity index (χ4v) is 4.68. The van der Waals surface area contributed by atoms with Crippen molar-refractivity contribution in [1.82, 2.24) is 4.90 Å². The summed E-state index contributed by atoms with van der Waals surface area (Å²) in [7, 11) is 0. The van der Waals surface area contributed by atoms with Crippen molar-refractivity contribution in [3.05, 3.63) is 22.4 Å². The maximum Gasteiger partial charge on any atom is 0.0481 e. The SMILES string of the molecule is NCC(c1ccsc1)N1CCCC2CCCCC21. The summed E-state index contributed by atoms with van der Waals surface area (Å²) < 4.78 is 0. The van der Waals surface area contributed by atoms with E-state index in [1.54, 1.807) is 11.3 Å². The summed E-state index contributed by atoms with van der Waals surface area (Å²) >= 11 is 1.79. The Balaban J connectivity index is 1.80. The molecule has 1 aromatic heterocycles. The molecule has 1 saturated heterocycles. The first-order valence-corrected chi connectivity index (χ1v) is 8.32. The molecule has 18 heavy (non-hydrogen) atoms. The van der Waals surface area contributed by atoms with Crippen LogP contribution in [-0.2, 0) is 0 Å². The number of thiophene rings is 1. The Bertz CT molecular complexity index is 361. The van der Waals surface area contributed by atoms with Crippen molar-refractivity contribution < 1.29 is 0 Å². The minimum atomic E-state index is 0.460. The van der Waals surface area contributed by atoms with Crippen LogP contribution < -0.4 is 5.73 Å². The first kappa shape index (κ1) is 12.6. The third kappa shape index (κ3) is 2.36. The van der Waals surface area contributed by atoms with Gasteiger partial charge < -0.3 is 5.73 Å². The Hall–Kier alpha value is -0.380. The molecule has 0 spiro atoms. The molecule has 3 atom stereocenters. The molecule has 1 aliphatic heterocycles. The van der Waals surface area contributed by atoms with Gasteiger partial charge in [-0.15, -0.1) is 0 Å². The lowest BCUT2D eigenvalue weighted by molar-refractivity contribution is 0.0277. The zero-order valence-electron chi connectivity index (χ0n) is 11.1. The van der Waals surface area contributed by atoms with Gasteiger partial charge in [-0.05, 0) is 60.5 Å². The van der Waals surface area contributed by atoms with E-state index in [2.05, 4.69) is 21.7 Å². The monoisotopic (exact) mass is 264 g/mol. The molecule has 1 aliphatic carbocycles. The molecule has 2 aliphatic rings. The van der Waals surface area contributed by atoms with Gasteiger partial charge in [-0.25, -0.2) is 0 Å². The van der Waals surface area contributed by atoms with Gasteiger partial charge in [0.15, 0.2) is 0 Å². The number of fused-ring (bicyclic) bond motifs is 1. The molecule has 100 valence electrons. The van der Waals surface area contributed by atoms with Gasteiger partial charge in [0.2, 0.25) is 0 Å². The highest BCUT2D eigenvalue weighted by Gasteiger charge is 2.36. The van der Waals surface area contributed by atoms with E-state index in [-0.39, 0.29) is 0 Å². The predicted octanol–water partition coefficient (Wildman–Crippen LogP) is 3.40. The Kier molecular flexibility index (Phi) is 4.02. The third-order valence-electron chi connectivity index (χ3n) is 4.84. The molecule has 1 aromatic rings. The second kappa shape index (κ2) is 5.72. The molecule has 2 nitrogen and oxygen atoms in total. The van der Waals surface area contributed by atoms with Crippen molar-refractivity contribution >= 4 is 11.3 Å². The first-order valence-electron chi connectivity index (χ1n) is 7.38. The fraction of sp³-hybridized carbons (Fsp3) is 0.733. The molecule has 1 saturated carbocycles. The van der Waals surface area contributed by atoms with E-state index < -0.39 is 0 Å². The van der Waals surface area contributed by atoms with Crippen LogP contribution in [0.1, 0.15) is 50.1 Å². The van der Waals surface area contributed by atoms with E-state index in [0.29, 0.717) is 6.04 Å². The lowest BCUT2D eigenvalue weighted by atomic mass is 9.77. The molecule has 2 N–H and O–H groups in total. The summed E-state index contributed by atoms with van der Waals surface area (Å²) in [5, 5.41) is 4.46. The molecule has 3 heteroatoms. The molecule has 0 radical (unpaired) electrons. The second-order valence-electron chi connectivity index (χ2n) is 5.80. The summed E-state index contributed by atoms with van der Waals surface area (Å²) in [5.74, 6) is 0.945. The number of piperidine rings is 1. The van der Waals surface area contributed by atoms with Crippen LogP contribution in [0.2, 0.25) is 0 Å². The topological polar surface area (TPSA) is 29.3 Å². The number of nitrogens with zero attached hydrogens (tertiary/aromatic N) is 1. The number of rotatable bonds is 3. The quantitative estimate of drug-likeness (QED) is 0.906. The molecule has 0 bridgehead atoms. The van der Waals surface area contributed by atoms with Gasteiger partial charge in [-0.3, -0.25) is 4.90 Å². The Morgan fingerprint density at radius 3 is 2.89 bits per heavy atom. The highest BCUT2D eigenvalue weighted by atomic mass is 32.1. The van der Waals surface area contributed by atoms with Gasteiger partial charge in [-0.1, -0.05) is 12.8 Å². The summed E-state index contributed by atoms with van der Waals surface area (Å²) in [6, 6.07) is 3.53. The van der Waals surface area contributed by atoms with E-state index in [9.17, 15) is 0 Å². The summed E-state index contributed by atoms with van der Waals surface area (Å²) in [6.07, 6.45) is 8.51. The van der Waals surface area contributed by atoms with Crippen molar-refractivity contribution in [2.45, 2.75) is 50.6 Å². The molecular formula is C15H24N2S. The summed E-state index contributed by atoms with van der Waals surface area (Å²) in [4.78, 5) is 2.73. The molecule has 2 heterocycles. The van der Waals surface area contributed by atoms with Crippen LogP contribution in [0.4, 0.5) is 0 Å². The van der Waals surface area contributed by atoms with E-state index >= 15 is 0 Å². The average molecular weight is 264 g/mol. The third-order valence-corrected chi connectivity index (χ3v) is 5.54. The van der Waals surface area contributed by atoms with Gasteiger partial charge in [0, 0.05) is 18.6 Å². The Morgan fingerprint density at radius 1 is 1.28 bits per heavy atom. The fourth-order valence-electron chi connectivity index (χ4n) is 3.98. The Labute approximate surface area is 114 Å². The maximum absolute atomic E-state index is 6.08. The van der Waals surface area contributed by atoms with E-state index in [4.69, 9.17) is 5.73 Å². The maximum atomic E-state index is 6.08. The van der Waals surface area contributed by atoms with Crippen molar-refractivity contribution in [2.24, 2.45) is 11.7 Å². The predicted molar refractivity (Wildman–Crippen MR) is 77.8 cm³/mol. The molecular weight excluding hydrogens is 240 g/mol. The van der Waals surface area contributed by atoms with Gasteiger partial charge in [0.1, 0.15) is 0 Å². The highest BCUT2D eigenvalue weighted by molar-refractivity contribution is 7.07. The molecule has 2 fully saturated rings.